The number of hydrogen-bond acceptors (Lipinski definition) is 6. The lowest BCUT2D eigenvalue weighted by Gasteiger charge is -2.10. The van der Waals surface area contributed by atoms with Gasteiger partial charge in [0.2, 0.25) is 0 Å². The highest BCUT2D eigenvalue weighted by Gasteiger charge is 2.13. The summed E-state index contributed by atoms with van der Waals surface area (Å²) in [4.78, 5) is 11.2. The number of hydrogen-bond donors (Lipinski definition) is 2. The number of carbonyl (C=O) groups is 1. The summed E-state index contributed by atoms with van der Waals surface area (Å²) in [6.45, 7) is 1.91. The van der Waals surface area contributed by atoms with Crippen molar-refractivity contribution in [2.75, 3.05) is 39.3 Å². The summed E-state index contributed by atoms with van der Waals surface area (Å²) >= 11 is 3.99. The van der Waals surface area contributed by atoms with Crippen LogP contribution in [0, 0.1) is 0 Å². The fraction of sp³-hybridized carbons (Fsp3) is 0.900. The van der Waals surface area contributed by atoms with Crippen LogP contribution in [0.5, 0.6) is 0 Å². The lowest BCUT2D eigenvalue weighted by molar-refractivity contribution is -0.146. The molecule has 96 valence electrons. The van der Waals surface area contributed by atoms with Gasteiger partial charge in [0.25, 0.3) is 0 Å². The van der Waals surface area contributed by atoms with Crippen molar-refractivity contribution in [2.45, 2.75) is 18.9 Å². The first-order valence-corrected chi connectivity index (χ1v) is 5.95. The maximum atomic E-state index is 11.2. The van der Waals surface area contributed by atoms with Gasteiger partial charge in [-0.15, -0.1) is 0 Å². The summed E-state index contributed by atoms with van der Waals surface area (Å²) in [5.74, 6) is 0.179. The van der Waals surface area contributed by atoms with E-state index in [9.17, 15) is 4.79 Å². The standard InChI is InChI=1S/C10H21NO4S/c1-13-4-2-5-14-6-7-15-10(12)9(11)3-8-16/h9,16H,2-8,11H2,1H3. The van der Waals surface area contributed by atoms with Crippen molar-refractivity contribution in [1.82, 2.24) is 0 Å². The molecule has 1 unspecified atom stereocenters. The van der Waals surface area contributed by atoms with E-state index >= 15 is 0 Å². The van der Waals surface area contributed by atoms with E-state index in [1.807, 2.05) is 0 Å². The third kappa shape index (κ3) is 8.96. The maximum absolute atomic E-state index is 11.2. The molecular formula is C10H21NO4S. The third-order valence-corrected chi connectivity index (χ3v) is 2.11. The smallest absolute Gasteiger partial charge is 0.323 e. The lowest BCUT2D eigenvalue weighted by atomic mass is 10.2. The number of ether oxygens (including phenoxy) is 3. The van der Waals surface area contributed by atoms with Crippen LogP contribution in [0.25, 0.3) is 0 Å². The van der Waals surface area contributed by atoms with Crippen LogP contribution in [0.4, 0.5) is 0 Å². The molecule has 6 heteroatoms. The number of nitrogens with two attached hydrogens (primary N) is 1. The van der Waals surface area contributed by atoms with E-state index in [1.165, 1.54) is 0 Å². The number of thiol groups is 1. The third-order valence-electron chi connectivity index (χ3n) is 1.85. The first-order chi connectivity index (χ1) is 7.72. The van der Waals surface area contributed by atoms with Gasteiger partial charge in [-0.1, -0.05) is 0 Å². The number of esters is 1. The van der Waals surface area contributed by atoms with Gasteiger partial charge in [0.05, 0.1) is 6.61 Å². The SMILES string of the molecule is COCCCOCCOC(=O)C(N)CCS. The zero-order valence-electron chi connectivity index (χ0n) is 9.68. The molecular weight excluding hydrogens is 230 g/mol. The Morgan fingerprint density at radius 1 is 1.31 bits per heavy atom. The highest BCUT2D eigenvalue weighted by Crippen LogP contribution is 1.94. The van der Waals surface area contributed by atoms with Crippen molar-refractivity contribution in [1.29, 1.82) is 0 Å². The molecule has 2 N–H and O–H groups in total. The van der Waals surface area contributed by atoms with Gasteiger partial charge < -0.3 is 19.9 Å². The largest absolute Gasteiger partial charge is 0.462 e. The van der Waals surface area contributed by atoms with Crippen molar-refractivity contribution in [3.05, 3.63) is 0 Å². The van der Waals surface area contributed by atoms with Crippen LogP contribution in [0.3, 0.4) is 0 Å². The first kappa shape index (κ1) is 15.7. The minimum absolute atomic E-state index is 0.242. The molecule has 0 saturated carbocycles. The molecule has 0 aromatic heterocycles. The number of rotatable bonds is 10. The molecule has 16 heavy (non-hydrogen) atoms. The second kappa shape index (κ2) is 11.2. The average Bonchev–Trinajstić information content (AvgIpc) is 2.28. The Balaban J connectivity index is 3.27. The summed E-state index contributed by atoms with van der Waals surface area (Å²) in [5, 5.41) is 0. The van der Waals surface area contributed by atoms with Gasteiger partial charge in [-0.3, -0.25) is 4.79 Å². The number of methoxy groups -OCH3 is 1. The second-order valence-corrected chi connectivity index (χ2v) is 3.69. The van der Waals surface area contributed by atoms with E-state index in [2.05, 4.69) is 12.6 Å². The zero-order chi connectivity index (χ0) is 12.2. The Morgan fingerprint density at radius 2 is 2.06 bits per heavy atom. The topological polar surface area (TPSA) is 70.8 Å². The van der Waals surface area contributed by atoms with Crippen molar-refractivity contribution < 1.29 is 19.0 Å². The molecule has 0 amide bonds. The maximum Gasteiger partial charge on any atom is 0.323 e. The predicted octanol–water partition coefficient (Wildman–Crippen LogP) is 0.230. The summed E-state index contributed by atoms with van der Waals surface area (Å²) in [7, 11) is 1.64. The Kier molecular flexibility index (Phi) is 11.0. The van der Waals surface area contributed by atoms with Gasteiger partial charge in [0, 0.05) is 20.3 Å². The molecule has 0 aliphatic rings. The van der Waals surface area contributed by atoms with Gasteiger partial charge in [-0.25, -0.2) is 0 Å². The van der Waals surface area contributed by atoms with Crippen molar-refractivity contribution in [3.8, 4) is 0 Å². The highest BCUT2D eigenvalue weighted by atomic mass is 32.1. The van der Waals surface area contributed by atoms with E-state index in [0.29, 0.717) is 32.0 Å². The summed E-state index contributed by atoms with van der Waals surface area (Å²) in [6, 6.07) is -0.578. The molecule has 0 aliphatic carbocycles. The minimum Gasteiger partial charge on any atom is -0.462 e. The van der Waals surface area contributed by atoms with Crippen LogP contribution in [-0.4, -0.2) is 51.3 Å². The summed E-state index contributed by atoms with van der Waals surface area (Å²) in [6.07, 6.45) is 1.36. The van der Waals surface area contributed by atoms with E-state index < -0.39 is 12.0 Å². The normalized spacial score (nSPS) is 12.4. The predicted molar refractivity (Wildman–Crippen MR) is 64.7 cm³/mol. The van der Waals surface area contributed by atoms with E-state index in [0.717, 1.165) is 6.42 Å². The van der Waals surface area contributed by atoms with E-state index in [1.54, 1.807) is 7.11 Å². The quantitative estimate of drug-likeness (QED) is 0.330. The van der Waals surface area contributed by atoms with Crippen molar-refractivity contribution >= 4 is 18.6 Å². The van der Waals surface area contributed by atoms with Crippen LogP contribution in [0.15, 0.2) is 0 Å². The van der Waals surface area contributed by atoms with Gasteiger partial charge in [-0.05, 0) is 18.6 Å². The molecule has 5 nitrogen and oxygen atoms in total. The van der Waals surface area contributed by atoms with E-state index in [4.69, 9.17) is 19.9 Å². The van der Waals surface area contributed by atoms with Crippen LogP contribution in [0.1, 0.15) is 12.8 Å². The Morgan fingerprint density at radius 3 is 2.69 bits per heavy atom. The average molecular weight is 251 g/mol. The zero-order valence-corrected chi connectivity index (χ0v) is 10.6. The molecule has 0 bridgehead atoms. The molecule has 0 aromatic rings. The van der Waals surface area contributed by atoms with Gasteiger partial charge in [0.1, 0.15) is 12.6 Å². The van der Waals surface area contributed by atoms with Crippen molar-refractivity contribution in [2.24, 2.45) is 5.73 Å². The second-order valence-electron chi connectivity index (χ2n) is 3.24. The fourth-order valence-corrected chi connectivity index (χ4v) is 1.25. The molecule has 0 aliphatic heterocycles. The van der Waals surface area contributed by atoms with Crippen LogP contribution in [-0.2, 0) is 19.0 Å². The van der Waals surface area contributed by atoms with Crippen LogP contribution >= 0.6 is 12.6 Å². The van der Waals surface area contributed by atoms with Gasteiger partial charge >= 0.3 is 5.97 Å². The molecule has 0 heterocycles. The molecule has 0 aromatic carbocycles. The van der Waals surface area contributed by atoms with Crippen LogP contribution in [0.2, 0.25) is 0 Å². The van der Waals surface area contributed by atoms with Crippen LogP contribution < -0.4 is 5.73 Å². The lowest BCUT2D eigenvalue weighted by Crippen LogP contribution is -2.33. The van der Waals surface area contributed by atoms with Crippen molar-refractivity contribution in [3.63, 3.8) is 0 Å². The van der Waals surface area contributed by atoms with E-state index in [-0.39, 0.29) is 6.61 Å². The fourth-order valence-electron chi connectivity index (χ4n) is 0.973. The molecule has 0 saturated heterocycles. The molecule has 0 spiro atoms. The highest BCUT2D eigenvalue weighted by molar-refractivity contribution is 7.80. The Labute approximate surface area is 102 Å². The first-order valence-electron chi connectivity index (χ1n) is 5.32. The molecule has 0 rings (SSSR count). The molecule has 1 atom stereocenters. The molecule has 0 fully saturated rings. The minimum atomic E-state index is -0.578. The summed E-state index contributed by atoms with van der Waals surface area (Å²) in [5.41, 5.74) is 5.53. The molecule has 0 radical (unpaired) electrons. The van der Waals surface area contributed by atoms with Gasteiger partial charge in [0.15, 0.2) is 0 Å². The Hall–Kier alpha value is -0.300. The summed E-state index contributed by atoms with van der Waals surface area (Å²) < 4.78 is 15.0. The van der Waals surface area contributed by atoms with Gasteiger partial charge in [-0.2, -0.15) is 12.6 Å². The number of carbonyl (C=O) groups excluding carboxylic acids is 1. The monoisotopic (exact) mass is 251 g/mol. The Bertz CT molecular complexity index is 180.